The molecule has 0 atom stereocenters. The van der Waals surface area contributed by atoms with Crippen molar-refractivity contribution in [3.8, 4) is 11.5 Å². The number of amides is 1. The van der Waals surface area contributed by atoms with Gasteiger partial charge in [0, 0.05) is 11.3 Å². The van der Waals surface area contributed by atoms with Crippen molar-refractivity contribution in [2.24, 2.45) is 5.16 Å². The fraction of sp³-hybridized carbons (Fsp3) is 0.286. The molecule has 0 aliphatic carbocycles. The first-order chi connectivity index (χ1) is 14.0. The molecule has 1 amide bonds. The number of anilines is 1. The van der Waals surface area contributed by atoms with Crippen molar-refractivity contribution in [3.63, 3.8) is 0 Å². The van der Waals surface area contributed by atoms with Crippen LogP contribution in [0.4, 0.5) is 5.69 Å². The fourth-order valence-corrected chi connectivity index (χ4v) is 2.42. The Morgan fingerprint density at radius 3 is 2.59 bits per heavy atom. The summed E-state index contributed by atoms with van der Waals surface area (Å²) in [6.45, 7) is 3.95. The van der Waals surface area contributed by atoms with Gasteiger partial charge in [0.2, 0.25) is 0 Å². The van der Waals surface area contributed by atoms with Gasteiger partial charge in [-0.15, -0.1) is 0 Å². The van der Waals surface area contributed by atoms with E-state index in [1.54, 1.807) is 43.5 Å². The minimum Gasteiger partial charge on any atom is -0.493 e. The van der Waals surface area contributed by atoms with Crippen molar-refractivity contribution in [2.75, 3.05) is 32.8 Å². The highest BCUT2D eigenvalue weighted by Gasteiger charge is 2.10. The van der Waals surface area contributed by atoms with Gasteiger partial charge in [-0.25, -0.2) is 4.79 Å². The first-order valence-electron chi connectivity index (χ1n) is 8.93. The number of rotatable bonds is 9. The van der Waals surface area contributed by atoms with Gasteiger partial charge in [-0.1, -0.05) is 11.2 Å². The first-order valence-corrected chi connectivity index (χ1v) is 8.93. The minimum atomic E-state index is -0.480. The zero-order valence-corrected chi connectivity index (χ0v) is 16.9. The van der Waals surface area contributed by atoms with E-state index in [1.165, 1.54) is 13.3 Å². The SMILES string of the molecule is CCOc1ccc(/C=N\OCC(=O)Nc2cc(C(=O)OC)ccc2C)cc1OC. The van der Waals surface area contributed by atoms with E-state index < -0.39 is 11.9 Å². The number of carbonyl (C=O) groups is 2. The maximum atomic E-state index is 12.1. The number of nitrogens with one attached hydrogen (secondary N) is 1. The molecule has 0 aromatic heterocycles. The van der Waals surface area contributed by atoms with Gasteiger partial charge in [0.1, 0.15) is 0 Å². The molecular weight excluding hydrogens is 376 g/mol. The molecule has 2 rings (SSSR count). The number of nitrogens with zero attached hydrogens (tertiary/aromatic N) is 1. The Kier molecular flexibility index (Phi) is 8.02. The van der Waals surface area contributed by atoms with Gasteiger partial charge in [-0.2, -0.15) is 0 Å². The third-order valence-electron chi connectivity index (χ3n) is 3.89. The van der Waals surface area contributed by atoms with Crippen molar-refractivity contribution in [3.05, 3.63) is 53.1 Å². The Morgan fingerprint density at radius 2 is 1.90 bits per heavy atom. The molecule has 0 aliphatic rings. The normalized spacial score (nSPS) is 10.5. The Morgan fingerprint density at radius 1 is 1.10 bits per heavy atom. The summed E-state index contributed by atoms with van der Waals surface area (Å²) in [5.41, 5.74) is 2.38. The average molecular weight is 400 g/mol. The van der Waals surface area contributed by atoms with Gasteiger partial charge >= 0.3 is 5.97 Å². The van der Waals surface area contributed by atoms with Crippen LogP contribution < -0.4 is 14.8 Å². The molecule has 0 bridgehead atoms. The molecule has 0 spiro atoms. The van der Waals surface area contributed by atoms with Crippen LogP contribution in [0.25, 0.3) is 0 Å². The van der Waals surface area contributed by atoms with Crippen LogP contribution in [-0.2, 0) is 14.4 Å². The lowest BCUT2D eigenvalue weighted by atomic mass is 10.1. The van der Waals surface area contributed by atoms with Crippen LogP contribution >= 0.6 is 0 Å². The summed E-state index contributed by atoms with van der Waals surface area (Å²) >= 11 is 0. The summed E-state index contributed by atoms with van der Waals surface area (Å²) in [7, 11) is 2.85. The van der Waals surface area contributed by atoms with Crippen molar-refractivity contribution in [2.45, 2.75) is 13.8 Å². The van der Waals surface area contributed by atoms with Crippen LogP contribution in [0, 0.1) is 6.92 Å². The van der Waals surface area contributed by atoms with E-state index in [-0.39, 0.29) is 6.61 Å². The standard InChI is InChI=1S/C21H24N2O6/c1-5-28-18-9-7-15(10-19(18)26-3)12-22-29-13-20(24)23-17-11-16(21(25)27-4)8-6-14(17)2/h6-12H,5,13H2,1-4H3,(H,23,24)/b22-12-. The van der Waals surface area contributed by atoms with Crippen LogP contribution in [0.2, 0.25) is 0 Å². The van der Waals surface area contributed by atoms with E-state index in [2.05, 4.69) is 15.2 Å². The molecule has 2 aromatic rings. The van der Waals surface area contributed by atoms with Crippen LogP contribution in [-0.4, -0.2) is 45.5 Å². The molecule has 0 aliphatic heterocycles. The van der Waals surface area contributed by atoms with Crippen molar-refractivity contribution < 1.29 is 28.6 Å². The maximum absolute atomic E-state index is 12.1. The van der Waals surface area contributed by atoms with Gasteiger partial charge < -0.3 is 24.4 Å². The lowest BCUT2D eigenvalue weighted by Crippen LogP contribution is -2.18. The molecule has 0 unspecified atom stereocenters. The highest BCUT2D eigenvalue weighted by atomic mass is 16.6. The number of hydrogen-bond acceptors (Lipinski definition) is 7. The Labute approximate surface area is 169 Å². The summed E-state index contributed by atoms with van der Waals surface area (Å²) in [4.78, 5) is 28.8. The predicted octanol–water partition coefficient (Wildman–Crippen LogP) is 3.18. The summed E-state index contributed by atoms with van der Waals surface area (Å²) < 4.78 is 15.4. The molecule has 8 heteroatoms. The van der Waals surface area contributed by atoms with E-state index in [0.717, 1.165) is 11.1 Å². The van der Waals surface area contributed by atoms with Crippen molar-refractivity contribution in [1.82, 2.24) is 0 Å². The number of oxime groups is 1. The molecule has 0 saturated heterocycles. The summed E-state index contributed by atoms with van der Waals surface area (Å²) in [6.07, 6.45) is 1.47. The second kappa shape index (κ2) is 10.7. The number of aryl methyl sites for hydroxylation is 1. The maximum Gasteiger partial charge on any atom is 0.337 e. The second-order valence-corrected chi connectivity index (χ2v) is 5.92. The largest absolute Gasteiger partial charge is 0.493 e. The third-order valence-corrected chi connectivity index (χ3v) is 3.89. The summed E-state index contributed by atoms with van der Waals surface area (Å²) in [6, 6.07) is 10.2. The lowest BCUT2D eigenvalue weighted by Gasteiger charge is -2.10. The number of benzene rings is 2. The van der Waals surface area contributed by atoms with Crippen LogP contribution in [0.3, 0.4) is 0 Å². The zero-order chi connectivity index (χ0) is 21.2. The molecule has 0 saturated carbocycles. The quantitative estimate of drug-likeness (QED) is 0.395. The third kappa shape index (κ3) is 6.24. The number of methoxy groups -OCH3 is 2. The average Bonchev–Trinajstić information content (AvgIpc) is 2.73. The number of carbonyl (C=O) groups excluding carboxylic acids is 2. The zero-order valence-electron chi connectivity index (χ0n) is 16.9. The second-order valence-electron chi connectivity index (χ2n) is 5.92. The topological polar surface area (TPSA) is 95.5 Å². The Balaban J connectivity index is 1.92. The van der Waals surface area contributed by atoms with Gasteiger partial charge in [0.15, 0.2) is 18.1 Å². The van der Waals surface area contributed by atoms with Gasteiger partial charge in [-0.05, 0) is 49.7 Å². The van der Waals surface area contributed by atoms with Gasteiger partial charge in [-0.3, -0.25) is 4.79 Å². The molecule has 2 aromatic carbocycles. The first kappa shape index (κ1) is 21.7. The predicted molar refractivity (Wildman–Crippen MR) is 109 cm³/mol. The Hall–Kier alpha value is -3.55. The van der Waals surface area contributed by atoms with Crippen LogP contribution in [0.1, 0.15) is 28.4 Å². The minimum absolute atomic E-state index is 0.285. The molecule has 0 fully saturated rings. The molecule has 0 heterocycles. The van der Waals surface area contributed by atoms with Gasteiger partial charge in [0.05, 0.1) is 32.6 Å². The Bertz CT molecular complexity index is 895. The number of esters is 1. The smallest absolute Gasteiger partial charge is 0.337 e. The molecule has 0 radical (unpaired) electrons. The van der Waals surface area contributed by atoms with E-state index in [0.29, 0.717) is 29.4 Å². The van der Waals surface area contributed by atoms with Crippen LogP contribution in [0.15, 0.2) is 41.6 Å². The highest BCUT2D eigenvalue weighted by Crippen LogP contribution is 2.27. The monoisotopic (exact) mass is 400 g/mol. The highest BCUT2D eigenvalue weighted by molar-refractivity contribution is 5.95. The number of hydrogen-bond donors (Lipinski definition) is 1. The molecule has 29 heavy (non-hydrogen) atoms. The van der Waals surface area contributed by atoms with Crippen LogP contribution in [0.5, 0.6) is 11.5 Å². The lowest BCUT2D eigenvalue weighted by molar-refractivity contribution is -0.120. The van der Waals surface area contributed by atoms with E-state index >= 15 is 0 Å². The number of ether oxygens (including phenoxy) is 3. The molecule has 8 nitrogen and oxygen atoms in total. The fourth-order valence-electron chi connectivity index (χ4n) is 2.42. The molecule has 1 N–H and O–H groups in total. The van der Waals surface area contributed by atoms with E-state index in [4.69, 9.17) is 14.3 Å². The molecule has 154 valence electrons. The summed E-state index contributed by atoms with van der Waals surface area (Å²) in [5.74, 6) is 0.329. The van der Waals surface area contributed by atoms with Crippen molar-refractivity contribution >= 4 is 23.8 Å². The summed E-state index contributed by atoms with van der Waals surface area (Å²) in [5, 5.41) is 6.49. The van der Waals surface area contributed by atoms with E-state index in [1.807, 2.05) is 13.8 Å². The van der Waals surface area contributed by atoms with Gasteiger partial charge in [0.25, 0.3) is 5.91 Å². The van der Waals surface area contributed by atoms with Crippen molar-refractivity contribution in [1.29, 1.82) is 0 Å². The van der Waals surface area contributed by atoms with E-state index in [9.17, 15) is 9.59 Å². The molecular formula is C21H24N2O6.